The van der Waals surface area contributed by atoms with Gasteiger partial charge in [-0.2, -0.15) is 5.10 Å². The number of hydrogen-bond acceptors (Lipinski definition) is 4. The molecule has 0 radical (unpaired) electrons. The van der Waals surface area contributed by atoms with E-state index in [0.29, 0.717) is 10.7 Å². The molecule has 0 aromatic heterocycles. The molecule has 0 saturated carbocycles. The maximum absolute atomic E-state index is 12.0. The van der Waals surface area contributed by atoms with E-state index in [9.17, 15) is 9.59 Å². The molecule has 0 atom stereocenters. The molecule has 0 aliphatic rings. The molecule has 0 unspecified atom stereocenters. The summed E-state index contributed by atoms with van der Waals surface area (Å²) in [5, 5.41) is 7.21. The Labute approximate surface area is 183 Å². The maximum Gasteiger partial charge on any atom is 0.240 e. The van der Waals surface area contributed by atoms with E-state index in [2.05, 4.69) is 31.8 Å². The number of rotatable bonds is 8. The second kappa shape index (κ2) is 11.0. The van der Waals surface area contributed by atoms with Crippen LogP contribution in [0.3, 0.4) is 0 Å². The largest absolute Gasteiger partial charge is 0.490 e. The van der Waals surface area contributed by atoms with Crippen molar-refractivity contribution in [2.45, 2.75) is 39.7 Å². The lowest BCUT2D eigenvalue weighted by Crippen LogP contribution is -2.20. The smallest absolute Gasteiger partial charge is 0.240 e. The number of amides is 2. The number of aryl methyl sites for hydroxylation is 1. The molecule has 2 aromatic carbocycles. The second-order valence-corrected chi connectivity index (χ2v) is 7.92. The zero-order chi connectivity index (χ0) is 21.4. The first-order valence-corrected chi connectivity index (χ1v) is 10.3. The van der Waals surface area contributed by atoms with Crippen LogP contribution in [0.25, 0.3) is 0 Å². The van der Waals surface area contributed by atoms with Gasteiger partial charge in [0, 0.05) is 23.6 Å². The van der Waals surface area contributed by atoms with Crippen LogP contribution >= 0.6 is 27.5 Å². The minimum absolute atomic E-state index is 0.0215. The van der Waals surface area contributed by atoms with Crippen molar-refractivity contribution in [1.29, 1.82) is 0 Å². The van der Waals surface area contributed by atoms with Crippen LogP contribution in [-0.2, 0) is 9.59 Å². The van der Waals surface area contributed by atoms with Gasteiger partial charge in [-0.15, -0.1) is 0 Å². The standard InChI is InChI=1S/C21H23BrClN3O3/c1-13(2)29-19-7-5-15(10-17(19)22)12-24-26-21(28)9-8-20(27)25-16-6-4-14(3)18(23)11-16/h4-7,10-13H,8-9H2,1-3H3,(H,25,27)(H,26,28). The van der Waals surface area contributed by atoms with Crippen molar-refractivity contribution >= 4 is 51.2 Å². The van der Waals surface area contributed by atoms with Crippen molar-refractivity contribution in [3.63, 3.8) is 0 Å². The van der Waals surface area contributed by atoms with E-state index in [0.717, 1.165) is 21.3 Å². The number of carbonyl (C=O) groups excluding carboxylic acids is 2. The minimum Gasteiger partial charge on any atom is -0.490 e. The number of carbonyl (C=O) groups is 2. The molecule has 29 heavy (non-hydrogen) atoms. The van der Waals surface area contributed by atoms with Crippen molar-refractivity contribution in [3.05, 3.63) is 57.0 Å². The fourth-order valence-corrected chi connectivity index (χ4v) is 2.97. The first-order chi connectivity index (χ1) is 13.7. The summed E-state index contributed by atoms with van der Waals surface area (Å²) in [4.78, 5) is 23.8. The predicted octanol–water partition coefficient (Wildman–Crippen LogP) is 5.07. The van der Waals surface area contributed by atoms with Gasteiger partial charge in [-0.05, 0) is 78.2 Å². The molecule has 0 spiro atoms. The molecule has 0 saturated heterocycles. The van der Waals surface area contributed by atoms with Gasteiger partial charge in [0.2, 0.25) is 11.8 Å². The highest BCUT2D eigenvalue weighted by atomic mass is 79.9. The molecule has 154 valence electrons. The fourth-order valence-electron chi connectivity index (χ4n) is 2.30. The highest BCUT2D eigenvalue weighted by Gasteiger charge is 2.08. The lowest BCUT2D eigenvalue weighted by Gasteiger charge is -2.11. The summed E-state index contributed by atoms with van der Waals surface area (Å²) in [7, 11) is 0. The van der Waals surface area contributed by atoms with Crippen LogP contribution in [0.4, 0.5) is 5.69 Å². The quantitative estimate of drug-likeness (QED) is 0.409. The molecular weight excluding hydrogens is 458 g/mol. The summed E-state index contributed by atoms with van der Waals surface area (Å²) >= 11 is 9.48. The van der Waals surface area contributed by atoms with Gasteiger partial charge in [0.05, 0.1) is 16.8 Å². The summed E-state index contributed by atoms with van der Waals surface area (Å²) in [6.07, 6.45) is 1.66. The first kappa shape index (κ1) is 22.9. The van der Waals surface area contributed by atoms with Crippen LogP contribution in [0, 0.1) is 6.92 Å². The first-order valence-electron chi connectivity index (χ1n) is 9.08. The van der Waals surface area contributed by atoms with Crippen LogP contribution in [0.5, 0.6) is 5.75 Å². The van der Waals surface area contributed by atoms with Crippen LogP contribution in [-0.4, -0.2) is 24.1 Å². The summed E-state index contributed by atoms with van der Waals surface area (Å²) in [5.74, 6) is 0.118. The lowest BCUT2D eigenvalue weighted by molar-refractivity contribution is -0.124. The average molecular weight is 481 g/mol. The number of hydrogen-bond donors (Lipinski definition) is 2. The molecule has 0 aliphatic carbocycles. The van der Waals surface area contributed by atoms with Gasteiger partial charge >= 0.3 is 0 Å². The zero-order valence-corrected chi connectivity index (χ0v) is 18.8. The molecule has 6 nitrogen and oxygen atoms in total. The topological polar surface area (TPSA) is 79.8 Å². The lowest BCUT2D eigenvalue weighted by atomic mass is 10.2. The Kier molecular flexibility index (Phi) is 8.67. The molecule has 2 N–H and O–H groups in total. The normalized spacial score (nSPS) is 11.0. The maximum atomic E-state index is 12.0. The van der Waals surface area contributed by atoms with Gasteiger partial charge in [0.1, 0.15) is 5.75 Å². The highest BCUT2D eigenvalue weighted by molar-refractivity contribution is 9.10. The van der Waals surface area contributed by atoms with Gasteiger partial charge in [0.15, 0.2) is 0 Å². The van der Waals surface area contributed by atoms with E-state index in [4.69, 9.17) is 16.3 Å². The number of nitrogens with one attached hydrogen (secondary N) is 2. The molecule has 2 rings (SSSR count). The van der Waals surface area contributed by atoms with Gasteiger partial charge in [-0.1, -0.05) is 17.7 Å². The van der Waals surface area contributed by atoms with E-state index in [1.165, 1.54) is 6.21 Å². The zero-order valence-electron chi connectivity index (χ0n) is 16.5. The summed E-state index contributed by atoms with van der Waals surface area (Å²) in [6.45, 7) is 5.78. The fraction of sp³-hybridized carbons (Fsp3) is 0.286. The van der Waals surface area contributed by atoms with E-state index < -0.39 is 0 Å². The Morgan fingerprint density at radius 3 is 2.55 bits per heavy atom. The summed E-state index contributed by atoms with van der Waals surface area (Å²) < 4.78 is 6.45. The number of ether oxygens (including phenoxy) is 1. The van der Waals surface area contributed by atoms with Gasteiger partial charge < -0.3 is 10.1 Å². The van der Waals surface area contributed by atoms with E-state index in [1.807, 2.05) is 45.0 Å². The Balaban J connectivity index is 1.78. The number of hydrazone groups is 1. The number of benzene rings is 2. The molecule has 8 heteroatoms. The Hall–Kier alpha value is -2.38. The van der Waals surface area contributed by atoms with E-state index >= 15 is 0 Å². The van der Waals surface area contributed by atoms with E-state index in [1.54, 1.807) is 12.1 Å². The summed E-state index contributed by atoms with van der Waals surface area (Å²) in [6, 6.07) is 10.8. The molecule has 0 aliphatic heterocycles. The SMILES string of the molecule is Cc1ccc(NC(=O)CCC(=O)NN=Cc2ccc(OC(C)C)c(Br)c2)cc1Cl. The van der Waals surface area contributed by atoms with Crippen molar-refractivity contribution in [3.8, 4) is 5.75 Å². The average Bonchev–Trinajstić information content (AvgIpc) is 2.65. The molecule has 0 fully saturated rings. The second-order valence-electron chi connectivity index (χ2n) is 6.66. The Morgan fingerprint density at radius 1 is 1.17 bits per heavy atom. The van der Waals surface area contributed by atoms with Crippen molar-refractivity contribution < 1.29 is 14.3 Å². The molecule has 0 heterocycles. The van der Waals surface area contributed by atoms with Crippen LogP contribution in [0.15, 0.2) is 46.0 Å². The molecular formula is C21H23BrClN3O3. The Bertz CT molecular complexity index is 916. The van der Waals surface area contributed by atoms with Gasteiger partial charge in [0.25, 0.3) is 0 Å². The van der Waals surface area contributed by atoms with Gasteiger partial charge in [-0.3, -0.25) is 9.59 Å². The van der Waals surface area contributed by atoms with Gasteiger partial charge in [-0.25, -0.2) is 5.43 Å². The highest BCUT2D eigenvalue weighted by Crippen LogP contribution is 2.26. The monoisotopic (exact) mass is 479 g/mol. The third-order valence-corrected chi connectivity index (χ3v) is 4.78. The number of halogens is 2. The third-order valence-electron chi connectivity index (χ3n) is 3.76. The number of anilines is 1. The molecule has 2 aromatic rings. The minimum atomic E-state index is -0.350. The molecule has 2 amide bonds. The van der Waals surface area contributed by atoms with Crippen molar-refractivity contribution in [2.24, 2.45) is 5.10 Å². The van der Waals surface area contributed by atoms with Crippen LogP contribution in [0.1, 0.15) is 37.8 Å². The Morgan fingerprint density at radius 2 is 1.90 bits per heavy atom. The van der Waals surface area contributed by atoms with Crippen LogP contribution in [0.2, 0.25) is 5.02 Å². The number of nitrogens with zero attached hydrogens (tertiary/aromatic N) is 1. The van der Waals surface area contributed by atoms with Crippen molar-refractivity contribution in [2.75, 3.05) is 5.32 Å². The molecule has 0 bridgehead atoms. The van der Waals surface area contributed by atoms with Crippen LogP contribution < -0.4 is 15.5 Å². The third kappa shape index (κ3) is 7.87. The predicted molar refractivity (Wildman–Crippen MR) is 120 cm³/mol. The summed E-state index contributed by atoms with van der Waals surface area (Å²) in [5.41, 5.74) is 4.73. The van der Waals surface area contributed by atoms with Crippen molar-refractivity contribution in [1.82, 2.24) is 5.43 Å². The van der Waals surface area contributed by atoms with E-state index in [-0.39, 0.29) is 30.8 Å².